The van der Waals surface area contributed by atoms with Crippen molar-refractivity contribution in [1.82, 2.24) is 5.32 Å². The molecule has 21 heavy (non-hydrogen) atoms. The molecule has 112 valence electrons. The topological polar surface area (TPSA) is 12.0 Å². The monoisotopic (exact) mass is 323 g/mol. The highest BCUT2D eigenvalue weighted by molar-refractivity contribution is 7.99. The maximum atomic E-state index is 13.5. The largest absolute Gasteiger partial charge is 0.309 e. The molecule has 0 aliphatic heterocycles. The standard InChI is InChI=1S/C17H19ClFNS/c1-3-20-16(14-10-13(19)9-8-12(14)2)11-21-17-7-5-4-6-15(17)18/h4-10,16,20H,3,11H2,1-2H3. The lowest BCUT2D eigenvalue weighted by Crippen LogP contribution is -2.23. The molecule has 0 aromatic heterocycles. The van der Waals surface area contributed by atoms with Crippen LogP contribution in [0.4, 0.5) is 4.39 Å². The minimum Gasteiger partial charge on any atom is -0.309 e. The average Bonchev–Trinajstić information content (AvgIpc) is 2.48. The molecule has 2 aromatic rings. The van der Waals surface area contributed by atoms with Gasteiger partial charge in [-0.05, 0) is 48.9 Å². The van der Waals surface area contributed by atoms with Gasteiger partial charge in [-0.1, -0.05) is 36.7 Å². The Hall–Kier alpha value is -1.03. The normalized spacial score (nSPS) is 12.4. The van der Waals surface area contributed by atoms with Crippen LogP contribution >= 0.6 is 23.4 Å². The van der Waals surface area contributed by atoms with E-state index < -0.39 is 0 Å². The van der Waals surface area contributed by atoms with Crippen molar-refractivity contribution in [3.8, 4) is 0 Å². The van der Waals surface area contributed by atoms with Gasteiger partial charge in [-0.25, -0.2) is 4.39 Å². The summed E-state index contributed by atoms with van der Waals surface area (Å²) in [6, 6.07) is 12.9. The lowest BCUT2D eigenvalue weighted by Gasteiger charge is -2.20. The van der Waals surface area contributed by atoms with Crippen molar-refractivity contribution in [3.63, 3.8) is 0 Å². The van der Waals surface area contributed by atoms with E-state index in [2.05, 4.69) is 12.2 Å². The van der Waals surface area contributed by atoms with Gasteiger partial charge < -0.3 is 5.32 Å². The molecule has 2 aromatic carbocycles. The zero-order valence-corrected chi connectivity index (χ0v) is 13.8. The van der Waals surface area contributed by atoms with Crippen LogP contribution in [0.1, 0.15) is 24.1 Å². The van der Waals surface area contributed by atoms with Gasteiger partial charge in [0, 0.05) is 16.7 Å². The van der Waals surface area contributed by atoms with Gasteiger partial charge in [0.25, 0.3) is 0 Å². The fourth-order valence-corrected chi connectivity index (χ4v) is 3.55. The smallest absolute Gasteiger partial charge is 0.123 e. The van der Waals surface area contributed by atoms with Gasteiger partial charge in [0.1, 0.15) is 5.82 Å². The lowest BCUT2D eigenvalue weighted by molar-refractivity contribution is 0.586. The third-order valence-electron chi connectivity index (χ3n) is 3.31. The molecule has 0 amide bonds. The van der Waals surface area contributed by atoms with E-state index >= 15 is 0 Å². The molecular formula is C17H19ClFNS. The molecule has 1 N–H and O–H groups in total. The Balaban J connectivity index is 2.16. The highest BCUT2D eigenvalue weighted by atomic mass is 35.5. The fraction of sp³-hybridized carbons (Fsp3) is 0.294. The van der Waals surface area contributed by atoms with Crippen molar-refractivity contribution in [3.05, 3.63) is 64.4 Å². The molecule has 0 heterocycles. The molecular weight excluding hydrogens is 305 g/mol. The third-order valence-corrected chi connectivity index (χ3v) is 4.92. The van der Waals surface area contributed by atoms with Gasteiger partial charge in [0.15, 0.2) is 0 Å². The summed E-state index contributed by atoms with van der Waals surface area (Å²) in [5.74, 6) is 0.614. The molecule has 0 aliphatic carbocycles. The Morgan fingerprint density at radius 3 is 2.71 bits per heavy atom. The van der Waals surface area contributed by atoms with Crippen LogP contribution in [-0.4, -0.2) is 12.3 Å². The van der Waals surface area contributed by atoms with Crippen LogP contribution < -0.4 is 5.32 Å². The summed E-state index contributed by atoms with van der Waals surface area (Å²) in [6.45, 7) is 4.91. The Morgan fingerprint density at radius 2 is 2.00 bits per heavy atom. The molecule has 0 radical (unpaired) electrons. The Bertz CT molecular complexity index is 603. The lowest BCUT2D eigenvalue weighted by atomic mass is 10.0. The Labute approximate surface area is 134 Å². The average molecular weight is 324 g/mol. The molecule has 0 spiro atoms. The predicted octanol–water partition coefficient (Wildman–Crippen LogP) is 5.23. The maximum absolute atomic E-state index is 13.5. The third kappa shape index (κ3) is 4.47. The summed E-state index contributed by atoms with van der Waals surface area (Å²) < 4.78 is 13.5. The summed E-state index contributed by atoms with van der Waals surface area (Å²) in [4.78, 5) is 1.05. The summed E-state index contributed by atoms with van der Waals surface area (Å²) in [5, 5.41) is 4.18. The SMILES string of the molecule is CCNC(CSc1ccccc1Cl)c1cc(F)ccc1C. The van der Waals surface area contributed by atoms with Crippen molar-refractivity contribution in [1.29, 1.82) is 0 Å². The molecule has 1 nitrogen and oxygen atoms in total. The zero-order valence-electron chi connectivity index (χ0n) is 12.2. The van der Waals surface area contributed by atoms with E-state index in [0.717, 1.165) is 33.3 Å². The van der Waals surface area contributed by atoms with E-state index in [1.807, 2.05) is 37.3 Å². The van der Waals surface area contributed by atoms with E-state index in [9.17, 15) is 4.39 Å². The van der Waals surface area contributed by atoms with Crippen LogP contribution in [0.25, 0.3) is 0 Å². The van der Waals surface area contributed by atoms with Crippen molar-refractivity contribution in [2.75, 3.05) is 12.3 Å². The predicted molar refractivity (Wildman–Crippen MR) is 89.7 cm³/mol. The first-order chi connectivity index (χ1) is 10.1. The highest BCUT2D eigenvalue weighted by Gasteiger charge is 2.15. The van der Waals surface area contributed by atoms with Crippen LogP contribution in [0.15, 0.2) is 47.4 Å². The minimum absolute atomic E-state index is 0.104. The van der Waals surface area contributed by atoms with E-state index in [1.165, 1.54) is 6.07 Å². The molecule has 4 heteroatoms. The van der Waals surface area contributed by atoms with Gasteiger partial charge in [-0.15, -0.1) is 11.8 Å². The van der Waals surface area contributed by atoms with E-state index in [0.29, 0.717) is 0 Å². The number of benzene rings is 2. The molecule has 1 unspecified atom stereocenters. The first kappa shape index (κ1) is 16.3. The van der Waals surface area contributed by atoms with Crippen molar-refractivity contribution in [2.24, 2.45) is 0 Å². The van der Waals surface area contributed by atoms with E-state index in [4.69, 9.17) is 11.6 Å². The van der Waals surface area contributed by atoms with Crippen LogP contribution in [0.2, 0.25) is 5.02 Å². The number of aryl methyl sites for hydroxylation is 1. The van der Waals surface area contributed by atoms with Crippen molar-refractivity contribution in [2.45, 2.75) is 24.8 Å². The maximum Gasteiger partial charge on any atom is 0.123 e. The fourth-order valence-electron chi connectivity index (χ4n) is 2.23. The second kappa shape index (κ2) is 7.83. The Morgan fingerprint density at radius 1 is 1.24 bits per heavy atom. The second-order valence-corrected chi connectivity index (χ2v) is 6.32. The van der Waals surface area contributed by atoms with Crippen LogP contribution in [-0.2, 0) is 0 Å². The van der Waals surface area contributed by atoms with Gasteiger partial charge in [-0.3, -0.25) is 0 Å². The quantitative estimate of drug-likeness (QED) is 0.730. The summed E-state index contributed by atoms with van der Waals surface area (Å²) in [6.07, 6.45) is 0. The van der Waals surface area contributed by atoms with Crippen molar-refractivity contribution >= 4 is 23.4 Å². The molecule has 0 aliphatic rings. The van der Waals surface area contributed by atoms with Crippen LogP contribution in [0.3, 0.4) is 0 Å². The number of nitrogens with one attached hydrogen (secondary N) is 1. The molecule has 0 saturated heterocycles. The Kier molecular flexibility index (Phi) is 6.09. The summed E-state index contributed by atoms with van der Waals surface area (Å²) in [5.41, 5.74) is 2.11. The summed E-state index contributed by atoms with van der Waals surface area (Å²) in [7, 11) is 0. The molecule has 0 saturated carbocycles. The highest BCUT2D eigenvalue weighted by Crippen LogP contribution is 2.31. The number of thioether (sulfide) groups is 1. The van der Waals surface area contributed by atoms with Crippen LogP contribution in [0.5, 0.6) is 0 Å². The van der Waals surface area contributed by atoms with Gasteiger partial charge in [0.05, 0.1) is 5.02 Å². The molecule has 0 bridgehead atoms. The first-order valence-corrected chi connectivity index (χ1v) is 8.35. The van der Waals surface area contributed by atoms with Gasteiger partial charge in [-0.2, -0.15) is 0 Å². The van der Waals surface area contributed by atoms with Crippen LogP contribution in [0, 0.1) is 12.7 Å². The number of halogens is 2. The zero-order chi connectivity index (χ0) is 15.2. The van der Waals surface area contributed by atoms with Gasteiger partial charge >= 0.3 is 0 Å². The first-order valence-electron chi connectivity index (χ1n) is 6.98. The van der Waals surface area contributed by atoms with Crippen molar-refractivity contribution < 1.29 is 4.39 Å². The number of rotatable bonds is 6. The van der Waals surface area contributed by atoms with E-state index in [1.54, 1.807) is 17.8 Å². The number of hydrogen-bond acceptors (Lipinski definition) is 2. The molecule has 0 fully saturated rings. The van der Waals surface area contributed by atoms with Gasteiger partial charge in [0.2, 0.25) is 0 Å². The number of hydrogen-bond donors (Lipinski definition) is 1. The second-order valence-electron chi connectivity index (χ2n) is 4.85. The molecule has 2 rings (SSSR count). The molecule has 1 atom stereocenters. The minimum atomic E-state index is -0.193. The summed E-state index contributed by atoms with van der Waals surface area (Å²) >= 11 is 7.87. The van der Waals surface area contributed by atoms with E-state index in [-0.39, 0.29) is 11.9 Å².